The Morgan fingerprint density at radius 3 is 2.34 bits per heavy atom. The third-order valence-corrected chi connectivity index (χ3v) is 3.84. The molecule has 0 aliphatic rings. The summed E-state index contributed by atoms with van der Waals surface area (Å²) >= 11 is 0. The molecule has 0 saturated carbocycles. The van der Waals surface area contributed by atoms with Crippen LogP contribution in [0.2, 0.25) is 0 Å². The van der Waals surface area contributed by atoms with Gasteiger partial charge in [-0.2, -0.15) is 0 Å². The van der Waals surface area contributed by atoms with Crippen molar-refractivity contribution in [1.29, 1.82) is 0 Å². The average molecular weight is 412 g/mol. The molecule has 0 fully saturated rings. The van der Waals surface area contributed by atoms with E-state index >= 15 is 0 Å². The van der Waals surface area contributed by atoms with E-state index in [4.69, 9.17) is 9.47 Å². The molecule has 29 heavy (non-hydrogen) atoms. The van der Waals surface area contributed by atoms with E-state index < -0.39 is 11.7 Å². The standard InChI is InChI=1S/C19H37N7O3/c1-7-28-13-9-12-21-17(23-14-16-25-24-15(2)26(16)6)20-10-8-11-22-18(27)29-19(3,4)5/h7-14H2,1-6H3,(H,22,27)(H2,20,21,23). The molecule has 0 bridgehead atoms. The van der Waals surface area contributed by atoms with Crippen LogP contribution in [0.4, 0.5) is 4.79 Å². The summed E-state index contributed by atoms with van der Waals surface area (Å²) < 4.78 is 12.5. The second-order valence-corrected chi connectivity index (χ2v) is 7.57. The van der Waals surface area contributed by atoms with E-state index in [-0.39, 0.29) is 0 Å². The number of rotatable bonds is 11. The Hall–Kier alpha value is -2.36. The van der Waals surface area contributed by atoms with Crippen molar-refractivity contribution in [3.63, 3.8) is 0 Å². The molecule has 1 heterocycles. The van der Waals surface area contributed by atoms with Gasteiger partial charge in [0.05, 0.1) is 0 Å². The number of nitrogens with zero attached hydrogens (tertiary/aromatic N) is 4. The van der Waals surface area contributed by atoms with Crippen molar-refractivity contribution in [3.05, 3.63) is 11.6 Å². The molecule has 0 saturated heterocycles. The molecule has 1 aromatic heterocycles. The third kappa shape index (κ3) is 11.3. The maximum absolute atomic E-state index is 11.7. The number of ether oxygens (including phenoxy) is 2. The molecule has 0 atom stereocenters. The number of aryl methyl sites for hydroxylation is 1. The second kappa shape index (κ2) is 13.0. The van der Waals surface area contributed by atoms with E-state index in [0.29, 0.717) is 32.2 Å². The fraction of sp³-hybridized carbons (Fsp3) is 0.789. The minimum atomic E-state index is -0.494. The number of amides is 1. The Balaban J connectivity index is 2.43. The molecule has 3 N–H and O–H groups in total. The van der Waals surface area contributed by atoms with Gasteiger partial charge < -0.3 is 30.0 Å². The SMILES string of the molecule is CCOCCCNC(=NCc1nnc(C)n1C)NCCCNC(=O)OC(C)(C)C. The highest BCUT2D eigenvalue weighted by Crippen LogP contribution is 2.06. The van der Waals surface area contributed by atoms with E-state index in [0.717, 1.165) is 37.6 Å². The smallest absolute Gasteiger partial charge is 0.407 e. The molecule has 0 aliphatic carbocycles. The normalized spacial score (nSPS) is 12.0. The van der Waals surface area contributed by atoms with Gasteiger partial charge in [0.2, 0.25) is 0 Å². The van der Waals surface area contributed by atoms with Crippen molar-refractivity contribution < 1.29 is 14.3 Å². The number of aromatic nitrogens is 3. The van der Waals surface area contributed by atoms with Gasteiger partial charge in [0.25, 0.3) is 0 Å². The zero-order valence-corrected chi connectivity index (χ0v) is 18.7. The number of guanidine groups is 1. The first-order valence-corrected chi connectivity index (χ1v) is 10.1. The Labute approximate surface area is 173 Å². The summed E-state index contributed by atoms with van der Waals surface area (Å²) in [4.78, 5) is 16.2. The highest BCUT2D eigenvalue weighted by molar-refractivity contribution is 5.79. The van der Waals surface area contributed by atoms with Crippen LogP contribution in [-0.2, 0) is 23.1 Å². The van der Waals surface area contributed by atoms with Gasteiger partial charge in [-0.25, -0.2) is 9.79 Å². The van der Waals surface area contributed by atoms with Crippen molar-refractivity contribution >= 4 is 12.1 Å². The van der Waals surface area contributed by atoms with Gasteiger partial charge in [-0.1, -0.05) is 0 Å². The maximum Gasteiger partial charge on any atom is 0.407 e. The van der Waals surface area contributed by atoms with Gasteiger partial charge >= 0.3 is 6.09 Å². The van der Waals surface area contributed by atoms with Gasteiger partial charge in [-0.05, 0) is 47.5 Å². The summed E-state index contributed by atoms with van der Waals surface area (Å²) in [6, 6.07) is 0. The second-order valence-electron chi connectivity index (χ2n) is 7.57. The van der Waals surface area contributed by atoms with Crippen molar-refractivity contribution in [2.45, 2.75) is 59.6 Å². The fourth-order valence-electron chi connectivity index (χ4n) is 2.24. The van der Waals surface area contributed by atoms with Gasteiger partial charge in [-0.15, -0.1) is 10.2 Å². The molecule has 0 aromatic carbocycles. The largest absolute Gasteiger partial charge is 0.444 e. The first-order chi connectivity index (χ1) is 13.7. The van der Waals surface area contributed by atoms with Crippen LogP contribution >= 0.6 is 0 Å². The molecule has 1 rings (SSSR count). The lowest BCUT2D eigenvalue weighted by molar-refractivity contribution is 0.0527. The van der Waals surface area contributed by atoms with Crippen LogP contribution < -0.4 is 16.0 Å². The molecule has 10 nitrogen and oxygen atoms in total. The van der Waals surface area contributed by atoms with Crippen LogP contribution in [0.3, 0.4) is 0 Å². The van der Waals surface area contributed by atoms with Gasteiger partial charge in [0.15, 0.2) is 11.8 Å². The summed E-state index contributed by atoms with van der Waals surface area (Å²) in [6.45, 7) is 13.2. The molecule has 0 aliphatic heterocycles. The predicted octanol–water partition coefficient (Wildman–Crippen LogP) is 1.50. The lowest BCUT2D eigenvalue weighted by atomic mass is 10.2. The fourth-order valence-corrected chi connectivity index (χ4v) is 2.24. The van der Waals surface area contributed by atoms with Crippen LogP contribution in [0.5, 0.6) is 0 Å². The molecular formula is C19H37N7O3. The van der Waals surface area contributed by atoms with Crippen molar-refractivity contribution in [1.82, 2.24) is 30.7 Å². The first kappa shape index (κ1) is 24.7. The molecule has 0 radical (unpaired) electrons. The number of nitrogens with one attached hydrogen (secondary N) is 3. The Bertz CT molecular complexity index is 638. The minimum absolute atomic E-state index is 0.405. The zero-order valence-electron chi connectivity index (χ0n) is 18.7. The Kier molecular flexibility index (Phi) is 11.0. The Morgan fingerprint density at radius 2 is 1.76 bits per heavy atom. The van der Waals surface area contributed by atoms with E-state index in [1.807, 2.05) is 46.2 Å². The minimum Gasteiger partial charge on any atom is -0.444 e. The highest BCUT2D eigenvalue weighted by atomic mass is 16.6. The maximum atomic E-state index is 11.7. The van der Waals surface area contributed by atoms with Crippen molar-refractivity contribution in [3.8, 4) is 0 Å². The van der Waals surface area contributed by atoms with Crippen molar-refractivity contribution in [2.24, 2.45) is 12.0 Å². The van der Waals surface area contributed by atoms with Crippen LogP contribution in [0.25, 0.3) is 0 Å². The zero-order chi connectivity index (χ0) is 21.7. The number of aliphatic imine (C=N–C) groups is 1. The summed E-state index contributed by atoms with van der Waals surface area (Å²) in [7, 11) is 1.92. The first-order valence-electron chi connectivity index (χ1n) is 10.1. The van der Waals surface area contributed by atoms with Crippen LogP contribution in [0.15, 0.2) is 4.99 Å². The van der Waals surface area contributed by atoms with Crippen molar-refractivity contribution in [2.75, 3.05) is 32.8 Å². The molecule has 1 amide bonds. The predicted molar refractivity (Wildman–Crippen MR) is 113 cm³/mol. The molecule has 0 spiro atoms. The van der Waals surface area contributed by atoms with Gasteiger partial charge in [0, 0.05) is 39.9 Å². The number of carbonyl (C=O) groups excluding carboxylic acids is 1. The van der Waals surface area contributed by atoms with Crippen LogP contribution in [0.1, 0.15) is 52.2 Å². The highest BCUT2D eigenvalue weighted by Gasteiger charge is 2.15. The van der Waals surface area contributed by atoms with E-state index in [2.05, 4.69) is 31.1 Å². The van der Waals surface area contributed by atoms with Crippen LogP contribution in [-0.4, -0.2) is 65.3 Å². The molecule has 0 unspecified atom stereocenters. The lowest BCUT2D eigenvalue weighted by Gasteiger charge is -2.19. The van der Waals surface area contributed by atoms with E-state index in [9.17, 15) is 4.79 Å². The average Bonchev–Trinajstić information content (AvgIpc) is 2.95. The topological polar surface area (TPSA) is 115 Å². The Morgan fingerprint density at radius 1 is 1.10 bits per heavy atom. The summed E-state index contributed by atoms with van der Waals surface area (Å²) in [6.07, 6.45) is 1.22. The monoisotopic (exact) mass is 411 g/mol. The summed E-state index contributed by atoms with van der Waals surface area (Å²) in [5.74, 6) is 2.34. The molecular weight excluding hydrogens is 374 g/mol. The quantitative estimate of drug-likeness (QED) is 0.287. The summed E-state index contributed by atoms with van der Waals surface area (Å²) in [5, 5.41) is 17.5. The summed E-state index contributed by atoms with van der Waals surface area (Å²) in [5.41, 5.74) is -0.494. The molecule has 166 valence electrons. The lowest BCUT2D eigenvalue weighted by Crippen LogP contribution is -2.40. The van der Waals surface area contributed by atoms with Gasteiger partial charge in [0.1, 0.15) is 18.0 Å². The number of carbonyl (C=O) groups is 1. The number of hydrogen-bond acceptors (Lipinski definition) is 6. The number of alkyl carbamates (subject to hydrolysis) is 1. The van der Waals surface area contributed by atoms with E-state index in [1.165, 1.54) is 0 Å². The molecule has 1 aromatic rings. The number of hydrogen-bond donors (Lipinski definition) is 3. The molecule has 10 heteroatoms. The van der Waals surface area contributed by atoms with E-state index in [1.54, 1.807) is 0 Å². The third-order valence-electron chi connectivity index (χ3n) is 3.84. The van der Waals surface area contributed by atoms with Gasteiger partial charge in [-0.3, -0.25) is 0 Å². The van der Waals surface area contributed by atoms with Crippen LogP contribution in [0, 0.1) is 6.92 Å².